The fraction of sp³-hybridized carbons (Fsp3) is 0.350. The lowest BCUT2D eigenvalue weighted by Gasteiger charge is -2.38. The number of benzene rings is 1. The standard InChI is InChI=1S/C20H22N4O3/c1-14-5-6-17(27-2)16(12-14)18(20(25)26)23-8-10-24(11-9-23)19-15(13-21)4-3-7-22-19/h3-7,12,18H,8-11H2,1-2H3,(H,25,26)/t18-/m0/s1. The van der Waals surface area contributed by atoms with E-state index in [4.69, 9.17) is 4.74 Å². The highest BCUT2D eigenvalue weighted by Gasteiger charge is 2.33. The van der Waals surface area contributed by atoms with E-state index in [1.165, 1.54) is 0 Å². The molecule has 1 aliphatic heterocycles. The van der Waals surface area contributed by atoms with Crippen LogP contribution in [0.3, 0.4) is 0 Å². The van der Waals surface area contributed by atoms with Crippen LogP contribution in [0.2, 0.25) is 0 Å². The summed E-state index contributed by atoms with van der Waals surface area (Å²) in [5, 5.41) is 19.2. The van der Waals surface area contributed by atoms with E-state index in [-0.39, 0.29) is 0 Å². The lowest BCUT2D eigenvalue weighted by Crippen LogP contribution is -2.49. The number of pyridine rings is 1. The number of hydrogen-bond donors (Lipinski definition) is 1. The number of piperazine rings is 1. The van der Waals surface area contributed by atoms with Crippen LogP contribution in [0.4, 0.5) is 5.82 Å². The van der Waals surface area contributed by atoms with Gasteiger partial charge in [-0.15, -0.1) is 0 Å². The molecule has 7 heteroatoms. The number of carboxylic acid groups (broad SMARTS) is 1. The molecule has 0 bridgehead atoms. The van der Waals surface area contributed by atoms with Crippen molar-refractivity contribution in [2.24, 2.45) is 0 Å². The molecule has 1 atom stereocenters. The van der Waals surface area contributed by atoms with Crippen molar-refractivity contribution in [2.45, 2.75) is 13.0 Å². The van der Waals surface area contributed by atoms with E-state index >= 15 is 0 Å². The van der Waals surface area contributed by atoms with Crippen molar-refractivity contribution in [1.82, 2.24) is 9.88 Å². The molecule has 0 amide bonds. The molecule has 1 fully saturated rings. The van der Waals surface area contributed by atoms with Gasteiger partial charge in [-0.05, 0) is 25.1 Å². The molecule has 1 saturated heterocycles. The van der Waals surface area contributed by atoms with Crippen LogP contribution in [0.15, 0.2) is 36.5 Å². The first-order valence-corrected chi connectivity index (χ1v) is 8.76. The number of hydrogen-bond acceptors (Lipinski definition) is 6. The molecule has 27 heavy (non-hydrogen) atoms. The van der Waals surface area contributed by atoms with Gasteiger partial charge in [-0.1, -0.05) is 17.7 Å². The molecular formula is C20H22N4O3. The number of anilines is 1. The summed E-state index contributed by atoms with van der Waals surface area (Å²) >= 11 is 0. The zero-order valence-corrected chi connectivity index (χ0v) is 15.4. The van der Waals surface area contributed by atoms with Crippen LogP contribution in [0, 0.1) is 18.3 Å². The van der Waals surface area contributed by atoms with E-state index in [1.54, 1.807) is 25.4 Å². The molecule has 3 rings (SSSR count). The number of rotatable bonds is 5. The number of aromatic nitrogens is 1. The number of nitriles is 1. The predicted octanol–water partition coefficient (Wildman–Crippen LogP) is 2.22. The van der Waals surface area contributed by atoms with E-state index in [2.05, 4.69) is 11.1 Å². The maximum Gasteiger partial charge on any atom is 0.325 e. The van der Waals surface area contributed by atoms with Gasteiger partial charge in [-0.3, -0.25) is 9.69 Å². The third kappa shape index (κ3) is 3.86. The topological polar surface area (TPSA) is 89.7 Å². The number of aryl methyl sites for hydroxylation is 1. The van der Waals surface area contributed by atoms with Gasteiger partial charge in [0.2, 0.25) is 0 Å². The first-order chi connectivity index (χ1) is 13.0. The van der Waals surface area contributed by atoms with Crippen molar-refractivity contribution in [3.05, 3.63) is 53.2 Å². The van der Waals surface area contributed by atoms with Gasteiger partial charge in [0.25, 0.3) is 0 Å². The molecule has 1 aromatic carbocycles. The minimum atomic E-state index is -0.900. The number of methoxy groups -OCH3 is 1. The Morgan fingerprint density at radius 3 is 2.67 bits per heavy atom. The van der Waals surface area contributed by atoms with Crippen LogP contribution in [-0.2, 0) is 4.79 Å². The predicted molar refractivity (Wildman–Crippen MR) is 101 cm³/mol. The second kappa shape index (κ2) is 8.06. The van der Waals surface area contributed by atoms with Crippen molar-refractivity contribution in [2.75, 3.05) is 38.2 Å². The maximum atomic E-state index is 12.1. The molecule has 2 heterocycles. The molecule has 0 saturated carbocycles. The van der Waals surface area contributed by atoms with Gasteiger partial charge < -0.3 is 14.7 Å². The van der Waals surface area contributed by atoms with Crippen molar-refractivity contribution < 1.29 is 14.6 Å². The third-order valence-corrected chi connectivity index (χ3v) is 4.80. The highest BCUT2D eigenvalue weighted by molar-refractivity contribution is 5.77. The summed E-state index contributed by atoms with van der Waals surface area (Å²) < 4.78 is 5.40. The molecule has 2 aromatic rings. The highest BCUT2D eigenvalue weighted by Crippen LogP contribution is 2.32. The van der Waals surface area contributed by atoms with E-state index in [0.717, 1.165) is 5.56 Å². The number of ether oxygens (including phenoxy) is 1. The molecule has 7 nitrogen and oxygen atoms in total. The number of carboxylic acids is 1. The summed E-state index contributed by atoms with van der Waals surface area (Å²) in [6, 6.07) is 10.5. The summed E-state index contributed by atoms with van der Waals surface area (Å²) in [6.45, 7) is 4.24. The van der Waals surface area contributed by atoms with Crippen LogP contribution >= 0.6 is 0 Å². The Kier molecular flexibility index (Phi) is 5.57. The minimum absolute atomic E-state index is 0.529. The third-order valence-electron chi connectivity index (χ3n) is 4.80. The fourth-order valence-electron chi connectivity index (χ4n) is 3.48. The minimum Gasteiger partial charge on any atom is -0.496 e. The summed E-state index contributed by atoms with van der Waals surface area (Å²) in [5.41, 5.74) is 2.18. The number of aliphatic carboxylic acids is 1. The Hall–Kier alpha value is -3.11. The van der Waals surface area contributed by atoms with Crippen LogP contribution in [0.25, 0.3) is 0 Å². The highest BCUT2D eigenvalue weighted by atomic mass is 16.5. The van der Waals surface area contributed by atoms with Gasteiger partial charge in [0.1, 0.15) is 23.7 Å². The van der Waals surface area contributed by atoms with Gasteiger partial charge in [0.05, 0.1) is 12.7 Å². The Labute approximate surface area is 158 Å². The van der Waals surface area contributed by atoms with Crippen molar-refractivity contribution in [1.29, 1.82) is 5.26 Å². The largest absolute Gasteiger partial charge is 0.496 e. The van der Waals surface area contributed by atoms with Gasteiger partial charge in [-0.2, -0.15) is 5.26 Å². The summed E-state index contributed by atoms with van der Waals surface area (Å²) in [7, 11) is 1.55. The summed E-state index contributed by atoms with van der Waals surface area (Å²) in [4.78, 5) is 20.4. The van der Waals surface area contributed by atoms with Crippen LogP contribution in [-0.4, -0.2) is 54.2 Å². The quantitative estimate of drug-likeness (QED) is 0.868. The van der Waals surface area contributed by atoms with Gasteiger partial charge in [0, 0.05) is 37.9 Å². The molecule has 1 aliphatic rings. The summed E-state index contributed by atoms with van der Waals surface area (Å²) in [6.07, 6.45) is 1.67. The monoisotopic (exact) mass is 366 g/mol. The van der Waals surface area contributed by atoms with Crippen LogP contribution in [0.1, 0.15) is 22.7 Å². The number of carbonyl (C=O) groups is 1. The maximum absolute atomic E-state index is 12.1. The van der Waals surface area contributed by atoms with Crippen LogP contribution in [0.5, 0.6) is 5.75 Å². The average Bonchev–Trinajstić information content (AvgIpc) is 2.68. The van der Waals surface area contributed by atoms with Crippen molar-refractivity contribution in [3.63, 3.8) is 0 Å². The van der Waals surface area contributed by atoms with Crippen molar-refractivity contribution in [3.8, 4) is 11.8 Å². The van der Waals surface area contributed by atoms with E-state index in [9.17, 15) is 15.2 Å². The lowest BCUT2D eigenvalue weighted by molar-refractivity contribution is -0.143. The summed E-state index contributed by atoms with van der Waals surface area (Å²) in [5.74, 6) is 0.328. The van der Waals surface area contributed by atoms with Crippen molar-refractivity contribution >= 4 is 11.8 Å². The molecule has 0 aliphatic carbocycles. The fourth-order valence-corrected chi connectivity index (χ4v) is 3.48. The van der Waals surface area contributed by atoms with E-state index in [0.29, 0.717) is 48.9 Å². The average molecular weight is 366 g/mol. The first-order valence-electron chi connectivity index (χ1n) is 8.76. The Morgan fingerprint density at radius 1 is 1.30 bits per heavy atom. The SMILES string of the molecule is COc1ccc(C)cc1[C@@H](C(=O)O)N1CCN(c2ncccc2C#N)CC1. The van der Waals surface area contributed by atoms with E-state index in [1.807, 2.05) is 34.9 Å². The molecule has 1 N–H and O–H groups in total. The Balaban J connectivity index is 1.82. The van der Waals surface area contributed by atoms with Gasteiger partial charge in [-0.25, -0.2) is 4.98 Å². The smallest absolute Gasteiger partial charge is 0.325 e. The zero-order chi connectivity index (χ0) is 19.4. The van der Waals surface area contributed by atoms with E-state index < -0.39 is 12.0 Å². The molecule has 0 radical (unpaired) electrons. The second-order valence-electron chi connectivity index (χ2n) is 6.50. The molecular weight excluding hydrogens is 344 g/mol. The Morgan fingerprint density at radius 2 is 2.04 bits per heavy atom. The Bertz CT molecular complexity index is 870. The number of nitrogens with zero attached hydrogens (tertiary/aromatic N) is 4. The zero-order valence-electron chi connectivity index (χ0n) is 15.4. The normalized spacial score (nSPS) is 15.8. The molecule has 140 valence electrons. The van der Waals surface area contributed by atoms with Gasteiger partial charge in [0.15, 0.2) is 0 Å². The lowest BCUT2D eigenvalue weighted by atomic mass is 10.0. The second-order valence-corrected chi connectivity index (χ2v) is 6.50. The molecule has 0 unspecified atom stereocenters. The molecule has 0 spiro atoms. The first kappa shape index (κ1) is 18.7. The van der Waals surface area contributed by atoms with Crippen LogP contribution < -0.4 is 9.64 Å². The molecule has 1 aromatic heterocycles. The van der Waals surface area contributed by atoms with Gasteiger partial charge >= 0.3 is 5.97 Å².